The van der Waals surface area contributed by atoms with Crippen LogP contribution in [0.2, 0.25) is 0 Å². The Bertz CT molecular complexity index is 795. The highest BCUT2D eigenvalue weighted by atomic mass is 16.6. The molecule has 1 N–H and O–H groups in total. The molecule has 0 spiro atoms. The number of nitro groups is 1. The van der Waals surface area contributed by atoms with Crippen LogP contribution in [0.3, 0.4) is 0 Å². The number of nitro benzene ring substituents is 1. The number of esters is 1. The van der Waals surface area contributed by atoms with Gasteiger partial charge >= 0.3 is 5.97 Å². The van der Waals surface area contributed by atoms with E-state index in [1.165, 1.54) is 12.1 Å². The number of rotatable bonds is 6. The maximum atomic E-state index is 12.1. The van der Waals surface area contributed by atoms with E-state index in [1.807, 2.05) is 4.90 Å². The number of anilines is 1. The quantitative estimate of drug-likeness (QED) is 0.374. The summed E-state index contributed by atoms with van der Waals surface area (Å²) < 4.78 is 4.97. The fraction of sp³-hybridized carbons (Fsp3) is 0.294. The second-order valence-electron chi connectivity index (χ2n) is 5.74. The predicted molar refractivity (Wildman–Crippen MR) is 89.9 cm³/mol. The Hall–Kier alpha value is -3.16. The minimum Gasteiger partial charge on any atom is -0.454 e. The molecule has 8 nitrogen and oxygen atoms in total. The van der Waals surface area contributed by atoms with Crippen molar-refractivity contribution in [3.8, 4) is 0 Å². The van der Waals surface area contributed by atoms with Gasteiger partial charge in [-0.2, -0.15) is 0 Å². The first-order valence-corrected chi connectivity index (χ1v) is 7.93. The topological polar surface area (TPSA) is 106 Å². The molecule has 0 aliphatic carbocycles. The van der Waals surface area contributed by atoms with Crippen molar-refractivity contribution in [1.82, 2.24) is 4.98 Å². The molecular formula is C17H17N3O5. The number of carbonyl (C=O) groups is 2. The molecule has 130 valence electrons. The molecule has 25 heavy (non-hydrogen) atoms. The van der Waals surface area contributed by atoms with E-state index in [2.05, 4.69) is 4.98 Å². The maximum Gasteiger partial charge on any atom is 0.338 e. The van der Waals surface area contributed by atoms with Crippen LogP contribution in [0.4, 0.5) is 11.4 Å². The molecule has 2 aromatic rings. The number of benzene rings is 1. The molecule has 0 saturated carbocycles. The van der Waals surface area contributed by atoms with Crippen LogP contribution < -0.4 is 4.90 Å². The number of hydrogen-bond donors (Lipinski definition) is 1. The maximum absolute atomic E-state index is 12.1. The first-order valence-electron chi connectivity index (χ1n) is 7.93. The molecule has 2 heterocycles. The van der Waals surface area contributed by atoms with Crippen molar-refractivity contribution < 1.29 is 19.2 Å². The Labute approximate surface area is 143 Å². The Balaban J connectivity index is 1.73. The van der Waals surface area contributed by atoms with Gasteiger partial charge in [-0.3, -0.25) is 14.9 Å². The standard InChI is InChI=1S/C17H17N3O5/c21-16(13-4-3-7-18-13)11-25-17(22)12-5-6-14(15(10-12)20(23)24)19-8-1-2-9-19/h3-7,10,18H,1-2,8-9,11H2. The van der Waals surface area contributed by atoms with E-state index in [4.69, 9.17) is 4.74 Å². The highest BCUT2D eigenvalue weighted by Crippen LogP contribution is 2.31. The summed E-state index contributed by atoms with van der Waals surface area (Å²) in [5.41, 5.74) is 0.755. The molecule has 1 aliphatic rings. The SMILES string of the molecule is O=C(OCC(=O)c1ccc[nH]1)c1ccc(N2CCCC2)c([N+](=O)[O-])c1. The van der Waals surface area contributed by atoms with E-state index in [1.54, 1.807) is 24.4 Å². The molecule has 1 fully saturated rings. The van der Waals surface area contributed by atoms with Gasteiger partial charge in [0.05, 0.1) is 16.2 Å². The van der Waals surface area contributed by atoms with Crippen molar-refractivity contribution in [3.05, 3.63) is 57.9 Å². The van der Waals surface area contributed by atoms with Crippen molar-refractivity contribution in [2.75, 3.05) is 24.6 Å². The summed E-state index contributed by atoms with van der Waals surface area (Å²) in [6.45, 7) is 1.09. The number of nitrogens with one attached hydrogen (secondary N) is 1. The summed E-state index contributed by atoms with van der Waals surface area (Å²) in [7, 11) is 0. The van der Waals surface area contributed by atoms with Crippen LogP contribution in [0.25, 0.3) is 0 Å². The number of ketones is 1. The van der Waals surface area contributed by atoms with Gasteiger partial charge in [0.1, 0.15) is 5.69 Å². The normalized spacial score (nSPS) is 13.7. The predicted octanol–water partition coefficient (Wildman–Crippen LogP) is 2.56. The fourth-order valence-electron chi connectivity index (χ4n) is 2.82. The van der Waals surface area contributed by atoms with Gasteiger partial charge < -0.3 is 14.6 Å². The lowest BCUT2D eigenvalue weighted by atomic mass is 10.1. The number of ether oxygens (including phenoxy) is 1. The van der Waals surface area contributed by atoms with Crippen molar-refractivity contribution >= 4 is 23.1 Å². The van der Waals surface area contributed by atoms with Crippen molar-refractivity contribution in [3.63, 3.8) is 0 Å². The molecule has 0 bridgehead atoms. The summed E-state index contributed by atoms with van der Waals surface area (Å²) in [4.78, 5) is 39.4. The average molecular weight is 343 g/mol. The minimum atomic E-state index is -0.768. The zero-order chi connectivity index (χ0) is 17.8. The van der Waals surface area contributed by atoms with E-state index in [9.17, 15) is 19.7 Å². The smallest absolute Gasteiger partial charge is 0.338 e. The Morgan fingerprint density at radius 2 is 2.00 bits per heavy atom. The van der Waals surface area contributed by atoms with Gasteiger partial charge in [0.15, 0.2) is 6.61 Å². The number of aromatic nitrogens is 1. The molecule has 1 aliphatic heterocycles. The van der Waals surface area contributed by atoms with E-state index in [-0.39, 0.29) is 17.0 Å². The fourth-order valence-corrected chi connectivity index (χ4v) is 2.82. The third kappa shape index (κ3) is 3.68. The van der Waals surface area contributed by atoms with E-state index in [0.29, 0.717) is 11.4 Å². The Kier molecular flexibility index (Phi) is 4.78. The Morgan fingerprint density at radius 1 is 1.24 bits per heavy atom. The van der Waals surface area contributed by atoms with Gasteiger partial charge in [-0.05, 0) is 37.1 Å². The van der Waals surface area contributed by atoms with Crippen LogP contribution in [0.5, 0.6) is 0 Å². The third-order valence-electron chi connectivity index (χ3n) is 4.09. The van der Waals surface area contributed by atoms with Gasteiger partial charge in [-0.15, -0.1) is 0 Å². The number of nitrogens with zero attached hydrogens (tertiary/aromatic N) is 2. The molecule has 0 unspecified atom stereocenters. The Morgan fingerprint density at radius 3 is 2.64 bits per heavy atom. The van der Waals surface area contributed by atoms with Gasteiger partial charge in [-0.25, -0.2) is 4.79 Å². The van der Waals surface area contributed by atoms with Crippen LogP contribution in [0.1, 0.15) is 33.7 Å². The van der Waals surface area contributed by atoms with E-state index in [0.717, 1.165) is 25.9 Å². The molecule has 1 saturated heterocycles. The van der Waals surface area contributed by atoms with Gasteiger partial charge in [0.2, 0.25) is 5.78 Å². The highest BCUT2D eigenvalue weighted by molar-refractivity contribution is 5.98. The van der Waals surface area contributed by atoms with Crippen molar-refractivity contribution in [2.24, 2.45) is 0 Å². The third-order valence-corrected chi connectivity index (χ3v) is 4.09. The lowest BCUT2D eigenvalue weighted by Crippen LogP contribution is -2.19. The molecule has 1 aromatic heterocycles. The summed E-state index contributed by atoms with van der Waals surface area (Å²) in [5.74, 6) is -1.14. The molecular weight excluding hydrogens is 326 g/mol. The van der Waals surface area contributed by atoms with Crippen molar-refractivity contribution in [2.45, 2.75) is 12.8 Å². The second-order valence-corrected chi connectivity index (χ2v) is 5.74. The molecule has 0 atom stereocenters. The molecule has 0 amide bonds. The average Bonchev–Trinajstić information content (AvgIpc) is 3.32. The molecule has 8 heteroatoms. The molecule has 3 rings (SSSR count). The lowest BCUT2D eigenvalue weighted by Gasteiger charge is -2.17. The van der Waals surface area contributed by atoms with Gasteiger partial charge in [0.25, 0.3) is 5.69 Å². The summed E-state index contributed by atoms with van der Waals surface area (Å²) in [5, 5.41) is 11.3. The number of H-pyrrole nitrogens is 1. The van der Waals surface area contributed by atoms with Crippen LogP contribution in [-0.2, 0) is 4.74 Å². The molecule has 1 aromatic carbocycles. The number of Topliss-reactive ketones (excluding diaryl/α,β-unsaturated/α-hetero) is 1. The second kappa shape index (κ2) is 7.16. The van der Waals surface area contributed by atoms with Crippen LogP contribution in [0.15, 0.2) is 36.5 Å². The molecule has 0 radical (unpaired) electrons. The van der Waals surface area contributed by atoms with Crippen LogP contribution in [0, 0.1) is 10.1 Å². The zero-order valence-corrected chi connectivity index (χ0v) is 13.4. The lowest BCUT2D eigenvalue weighted by molar-refractivity contribution is -0.384. The van der Waals surface area contributed by atoms with Gasteiger partial charge in [-0.1, -0.05) is 0 Å². The monoisotopic (exact) mass is 343 g/mol. The zero-order valence-electron chi connectivity index (χ0n) is 13.4. The summed E-state index contributed by atoms with van der Waals surface area (Å²) in [6, 6.07) is 7.49. The first kappa shape index (κ1) is 16.7. The number of hydrogen-bond acceptors (Lipinski definition) is 6. The largest absolute Gasteiger partial charge is 0.454 e. The van der Waals surface area contributed by atoms with Crippen molar-refractivity contribution in [1.29, 1.82) is 0 Å². The minimum absolute atomic E-state index is 0.0499. The summed E-state index contributed by atoms with van der Waals surface area (Å²) in [6.07, 6.45) is 3.57. The number of carbonyl (C=O) groups excluding carboxylic acids is 2. The van der Waals surface area contributed by atoms with Gasteiger partial charge in [0, 0.05) is 25.4 Å². The van der Waals surface area contributed by atoms with E-state index < -0.39 is 17.5 Å². The first-order chi connectivity index (χ1) is 12.1. The summed E-state index contributed by atoms with van der Waals surface area (Å²) >= 11 is 0. The number of aromatic amines is 1. The van der Waals surface area contributed by atoms with Crippen LogP contribution in [-0.4, -0.2) is 41.4 Å². The van der Waals surface area contributed by atoms with Crippen LogP contribution >= 0.6 is 0 Å². The van der Waals surface area contributed by atoms with E-state index >= 15 is 0 Å². The highest BCUT2D eigenvalue weighted by Gasteiger charge is 2.24.